The maximum Gasteiger partial charge on any atom is 0.344 e. The van der Waals surface area contributed by atoms with Gasteiger partial charge in [-0.1, -0.05) is 70.9 Å². The highest BCUT2D eigenvalue weighted by atomic mass is 16.6. The molecule has 5 atom stereocenters. The predicted octanol–water partition coefficient (Wildman–Crippen LogP) is 7.82. The van der Waals surface area contributed by atoms with Crippen LogP contribution >= 0.6 is 0 Å². The van der Waals surface area contributed by atoms with Crippen molar-refractivity contribution in [1.29, 1.82) is 0 Å². The number of fused-ring (bicyclic) bond motifs is 2. The van der Waals surface area contributed by atoms with Crippen molar-refractivity contribution in [1.82, 2.24) is 0 Å². The number of benzene rings is 1. The topological polar surface area (TPSA) is 55.8 Å². The van der Waals surface area contributed by atoms with Gasteiger partial charge in [-0.15, -0.1) is 0 Å². The Hall–Kier alpha value is -1.55. The van der Waals surface area contributed by atoms with E-state index < -0.39 is 0 Å². The van der Waals surface area contributed by atoms with E-state index in [0.717, 1.165) is 70.0 Å². The Morgan fingerprint density at radius 3 is 2.54 bits per heavy atom. The SMILES string of the molecule is CCCCCC(O)CCC1C(C)CC2Cc3c(cccc3OCC(=O)OC3CCCCCCCC3)CC21. The third-order valence-corrected chi connectivity index (χ3v) is 9.63. The summed E-state index contributed by atoms with van der Waals surface area (Å²) in [6.45, 7) is 4.65. The van der Waals surface area contributed by atoms with Gasteiger partial charge in [-0.25, -0.2) is 4.79 Å². The molecule has 3 aliphatic carbocycles. The summed E-state index contributed by atoms with van der Waals surface area (Å²) in [5, 5.41) is 10.5. The molecule has 1 N–H and O–H groups in total. The van der Waals surface area contributed by atoms with Crippen molar-refractivity contribution in [3.05, 3.63) is 29.3 Å². The second-order valence-electron chi connectivity index (χ2n) is 12.4. The standard InChI is InChI=1S/C33H52O4/c1-3-4-9-14-27(34)18-19-29-24(2)20-26-22-31-25(21-30(26)29)13-12-17-32(31)36-23-33(35)37-28-15-10-7-5-6-8-11-16-28/h12-13,17,24,26-30,34H,3-11,14-16,18-23H2,1-2H3. The fourth-order valence-corrected chi connectivity index (χ4v) is 7.56. The molecule has 0 aromatic heterocycles. The summed E-state index contributed by atoms with van der Waals surface area (Å²) < 4.78 is 11.9. The molecule has 4 heteroatoms. The van der Waals surface area contributed by atoms with Crippen LogP contribution in [0.1, 0.15) is 121 Å². The molecule has 0 aliphatic heterocycles. The number of carbonyl (C=O) groups is 1. The van der Waals surface area contributed by atoms with E-state index in [0.29, 0.717) is 23.7 Å². The lowest BCUT2D eigenvalue weighted by Crippen LogP contribution is -2.27. The van der Waals surface area contributed by atoms with Crippen LogP contribution in [-0.2, 0) is 22.4 Å². The van der Waals surface area contributed by atoms with Crippen molar-refractivity contribution in [2.24, 2.45) is 23.7 Å². The van der Waals surface area contributed by atoms with Gasteiger partial charge in [0.25, 0.3) is 0 Å². The molecule has 1 aromatic rings. The third kappa shape index (κ3) is 8.22. The van der Waals surface area contributed by atoms with Crippen molar-refractivity contribution in [3.63, 3.8) is 0 Å². The van der Waals surface area contributed by atoms with Gasteiger partial charge in [0.1, 0.15) is 11.9 Å². The zero-order valence-electron chi connectivity index (χ0n) is 23.6. The zero-order valence-corrected chi connectivity index (χ0v) is 23.6. The molecule has 208 valence electrons. The second kappa shape index (κ2) is 14.6. The summed E-state index contributed by atoms with van der Waals surface area (Å²) in [6, 6.07) is 6.38. The molecule has 5 unspecified atom stereocenters. The molecule has 0 spiro atoms. The zero-order chi connectivity index (χ0) is 26.0. The van der Waals surface area contributed by atoms with Crippen molar-refractivity contribution in [2.45, 2.75) is 135 Å². The van der Waals surface area contributed by atoms with E-state index in [1.807, 2.05) is 6.07 Å². The number of carbonyl (C=O) groups excluding carboxylic acids is 1. The summed E-state index contributed by atoms with van der Waals surface area (Å²) in [4.78, 5) is 12.6. The maximum atomic E-state index is 12.6. The number of ether oxygens (including phenoxy) is 2. The van der Waals surface area contributed by atoms with Crippen LogP contribution in [0.4, 0.5) is 0 Å². The number of aliphatic hydroxyl groups excluding tert-OH is 1. The highest BCUT2D eigenvalue weighted by Gasteiger charge is 2.43. The molecule has 37 heavy (non-hydrogen) atoms. The van der Waals surface area contributed by atoms with E-state index in [1.54, 1.807) is 0 Å². The number of hydrogen-bond acceptors (Lipinski definition) is 4. The van der Waals surface area contributed by atoms with Crippen LogP contribution in [0.5, 0.6) is 5.75 Å². The molecule has 0 amide bonds. The molecule has 4 rings (SSSR count). The lowest BCUT2D eigenvalue weighted by Gasteiger charge is -2.33. The first-order valence-electron chi connectivity index (χ1n) is 15.7. The van der Waals surface area contributed by atoms with Crippen molar-refractivity contribution in [2.75, 3.05) is 6.61 Å². The average molecular weight is 513 g/mol. The number of hydrogen-bond donors (Lipinski definition) is 1. The van der Waals surface area contributed by atoms with Crippen LogP contribution in [0.2, 0.25) is 0 Å². The number of aliphatic hydroxyl groups is 1. The lowest BCUT2D eigenvalue weighted by atomic mass is 9.73. The average Bonchev–Trinajstić information content (AvgIpc) is 3.25. The smallest absolute Gasteiger partial charge is 0.344 e. The lowest BCUT2D eigenvalue weighted by molar-refractivity contribution is -0.152. The van der Waals surface area contributed by atoms with Crippen molar-refractivity contribution >= 4 is 5.97 Å². The number of rotatable bonds is 11. The first kappa shape index (κ1) is 28.5. The van der Waals surface area contributed by atoms with Gasteiger partial charge in [0.2, 0.25) is 0 Å². The van der Waals surface area contributed by atoms with Crippen molar-refractivity contribution < 1.29 is 19.4 Å². The number of unbranched alkanes of at least 4 members (excludes halogenated alkanes) is 2. The van der Waals surface area contributed by atoms with E-state index in [2.05, 4.69) is 26.0 Å². The van der Waals surface area contributed by atoms with Crippen LogP contribution in [0.15, 0.2) is 18.2 Å². The van der Waals surface area contributed by atoms with Gasteiger partial charge in [0.05, 0.1) is 6.10 Å². The molecule has 1 aromatic carbocycles. The van der Waals surface area contributed by atoms with Gasteiger partial charge < -0.3 is 14.6 Å². The van der Waals surface area contributed by atoms with Crippen molar-refractivity contribution in [3.8, 4) is 5.75 Å². The summed E-state index contributed by atoms with van der Waals surface area (Å²) in [5.74, 6) is 3.45. The van der Waals surface area contributed by atoms with Crippen LogP contribution in [0, 0.1) is 23.7 Å². The summed E-state index contributed by atoms with van der Waals surface area (Å²) in [5.41, 5.74) is 2.71. The Kier molecular flexibility index (Phi) is 11.2. The molecule has 2 saturated carbocycles. The van der Waals surface area contributed by atoms with Gasteiger partial charge in [-0.05, 0) is 105 Å². The van der Waals surface area contributed by atoms with Gasteiger partial charge >= 0.3 is 5.97 Å². The molecular weight excluding hydrogens is 460 g/mol. The van der Waals surface area contributed by atoms with Crippen LogP contribution < -0.4 is 4.74 Å². The van der Waals surface area contributed by atoms with E-state index >= 15 is 0 Å². The monoisotopic (exact) mass is 512 g/mol. The molecule has 4 nitrogen and oxygen atoms in total. The van der Waals surface area contributed by atoms with Gasteiger partial charge in [-0.2, -0.15) is 0 Å². The molecule has 0 radical (unpaired) electrons. The Labute approximate surface area is 225 Å². The molecule has 2 fully saturated rings. The predicted molar refractivity (Wildman–Crippen MR) is 150 cm³/mol. The molecule has 0 saturated heterocycles. The normalized spacial score (nSPS) is 27.3. The quantitative estimate of drug-likeness (QED) is 0.242. The fourth-order valence-electron chi connectivity index (χ4n) is 7.56. The van der Waals surface area contributed by atoms with Crippen LogP contribution in [0.25, 0.3) is 0 Å². The first-order chi connectivity index (χ1) is 18.0. The largest absolute Gasteiger partial charge is 0.482 e. The minimum Gasteiger partial charge on any atom is -0.482 e. The summed E-state index contributed by atoms with van der Waals surface area (Å²) >= 11 is 0. The highest BCUT2D eigenvalue weighted by molar-refractivity contribution is 5.71. The first-order valence-corrected chi connectivity index (χ1v) is 15.7. The minimum absolute atomic E-state index is 0.00992. The Balaban J connectivity index is 1.30. The second-order valence-corrected chi connectivity index (χ2v) is 12.4. The molecule has 0 bridgehead atoms. The van der Waals surface area contributed by atoms with Crippen LogP contribution in [0.3, 0.4) is 0 Å². The third-order valence-electron chi connectivity index (χ3n) is 9.63. The van der Waals surface area contributed by atoms with E-state index in [9.17, 15) is 9.90 Å². The van der Waals surface area contributed by atoms with E-state index in [4.69, 9.17) is 9.47 Å². The van der Waals surface area contributed by atoms with Gasteiger partial charge in [-0.3, -0.25) is 0 Å². The van der Waals surface area contributed by atoms with E-state index in [-0.39, 0.29) is 24.8 Å². The van der Waals surface area contributed by atoms with Gasteiger partial charge in [0.15, 0.2) is 6.61 Å². The maximum absolute atomic E-state index is 12.6. The Morgan fingerprint density at radius 1 is 1.03 bits per heavy atom. The fraction of sp³-hybridized carbons (Fsp3) is 0.788. The van der Waals surface area contributed by atoms with Gasteiger partial charge in [0, 0.05) is 0 Å². The summed E-state index contributed by atoms with van der Waals surface area (Å²) in [7, 11) is 0. The van der Waals surface area contributed by atoms with Crippen LogP contribution in [-0.4, -0.2) is 29.9 Å². The molecule has 0 heterocycles. The Morgan fingerprint density at radius 2 is 1.78 bits per heavy atom. The molecular formula is C33H52O4. The minimum atomic E-state index is -0.220. The molecule has 3 aliphatic rings. The van der Waals surface area contributed by atoms with E-state index in [1.165, 1.54) is 56.1 Å². The highest BCUT2D eigenvalue weighted by Crippen LogP contribution is 2.51. The summed E-state index contributed by atoms with van der Waals surface area (Å²) in [6.07, 6.45) is 19.4. The Bertz CT molecular complexity index is 826. The number of esters is 1.